The van der Waals surface area contributed by atoms with Crippen LogP contribution in [0, 0.1) is 0 Å². The fourth-order valence-electron chi connectivity index (χ4n) is 3.47. The van der Waals surface area contributed by atoms with Gasteiger partial charge in [0.15, 0.2) is 0 Å². The van der Waals surface area contributed by atoms with Crippen molar-refractivity contribution in [1.82, 2.24) is 10.6 Å². The minimum absolute atomic E-state index is 0.00311. The second-order valence-corrected chi connectivity index (χ2v) is 7.55. The molecule has 0 saturated carbocycles. The van der Waals surface area contributed by atoms with Crippen molar-refractivity contribution in [2.24, 2.45) is 0 Å². The van der Waals surface area contributed by atoms with Crippen molar-refractivity contribution in [2.45, 2.75) is 116 Å². The van der Waals surface area contributed by atoms with E-state index in [0.29, 0.717) is 12.8 Å². The van der Waals surface area contributed by atoms with E-state index in [1.165, 1.54) is 83.5 Å². The van der Waals surface area contributed by atoms with E-state index in [9.17, 15) is 9.59 Å². The molecule has 0 unspecified atom stereocenters. The van der Waals surface area contributed by atoms with Crippen LogP contribution in [0.2, 0.25) is 0 Å². The Morgan fingerprint density at radius 1 is 0.880 bits per heavy atom. The summed E-state index contributed by atoms with van der Waals surface area (Å²) in [4.78, 5) is 22.9. The molecule has 1 aliphatic heterocycles. The Morgan fingerprint density at radius 3 is 1.80 bits per heavy atom. The fourth-order valence-corrected chi connectivity index (χ4v) is 3.47. The lowest BCUT2D eigenvalue weighted by molar-refractivity contribution is -0.125. The van der Waals surface area contributed by atoms with E-state index in [2.05, 4.69) is 17.6 Å². The highest BCUT2D eigenvalue weighted by atomic mass is 16.2. The molecule has 0 aromatic rings. The van der Waals surface area contributed by atoms with E-state index in [4.69, 9.17) is 0 Å². The lowest BCUT2D eigenvalue weighted by Crippen LogP contribution is -2.41. The van der Waals surface area contributed by atoms with Gasteiger partial charge in [0.25, 0.3) is 0 Å². The Hall–Kier alpha value is -1.06. The lowest BCUT2D eigenvalue weighted by Gasteiger charge is -2.10. The second kappa shape index (κ2) is 15.2. The standard InChI is InChI=1S/C21H40N2O2/c1-2-3-4-5-6-7-8-9-10-11-12-13-14-15-18-22-21(25)19-16-17-20(24)23-19/h19H,2-18H2,1H3,(H,22,25)(H,23,24)/t19-/m0/s1. The van der Waals surface area contributed by atoms with Gasteiger partial charge in [0.2, 0.25) is 11.8 Å². The Bertz CT molecular complexity index is 358. The van der Waals surface area contributed by atoms with Crippen LogP contribution in [0.15, 0.2) is 0 Å². The van der Waals surface area contributed by atoms with Crippen molar-refractivity contribution < 1.29 is 9.59 Å². The number of carbonyl (C=O) groups excluding carboxylic acids is 2. The van der Waals surface area contributed by atoms with Gasteiger partial charge in [-0.15, -0.1) is 0 Å². The summed E-state index contributed by atoms with van der Waals surface area (Å²) in [5.74, 6) is -0.0165. The van der Waals surface area contributed by atoms with E-state index in [-0.39, 0.29) is 17.9 Å². The number of amides is 2. The Labute approximate surface area is 154 Å². The molecule has 1 saturated heterocycles. The highest BCUT2D eigenvalue weighted by Crippen LogP contribution is 2.13. The normalized spacial score (nSPS) is 16.8. The molecule has 146 valence electrons. The van der Waals surface area contributed by atoms with Crippen LogP contribution < -0.4 is 10.6 Å². The maximum atomic E-state index is 11.8. The molecule has 2 amide bonds. The summed E-state index contributed by atoms with van der Waals surface area (Å²) in [7, 11) is 0. The molecule has 1 atom stereocenters. The van der Waals surface area contributed by atoms with Crippen molar-refractivity contribution in [3.63, 3.8) is 0 Å². The third-order valence-electron chi connectivity index (χ3n) is 5.14. The molecule has 2 N–H and O–H groups in total. The molecule has 1 rings (SSSR count). The average molecular weight is 353 g/mol. The van der Waals surface area contributed by atoms with Crippen LogP contribution >= 0.6 is 0 Å². The first kappa shape index (κ1) is 22.0. The van der Waals surface area contributed by atoms with Gasteiger partial charge in [0.05, 0.1) is 0 Å². The highest BCUT2D eigenvalue weighted by molar-refractivity contribution is 5.90. The molecule has 4 heteroatoms. The number of hydrogen-bond donors (Lipinski definition) is 2. The monoisotopic (exact) mass is 352 g/mol. The number of carbonyl (C=O) groups is 2. The van der Waals surface area contributed by atoms with Crippen LogP contribution in [0.5, 0.6) is 0 Å². The summed E-state index contributed by atoms with van der Waals surface area (Å²) in [6, 6.07) is -0.292. The van der Waals surface area contributed by atoms with E-state index < -0.39 is 0 Å². The fraction of sp³-hybridized carbons (Fsp3) is 0.905. The van der Waals surface area contributed by atoms with Crippen molar-refractivity contribution in [3.8, 4) is 0 Å². The smallest absolute Gasteiger partial charge is 0.242 e. The van der Waals surface area contributed by atoms with Crippen LogP contribution in [-0.2, 0) is 9.59 Å². The summed E-state index contributed by atoms with van der Waals surface area (Å²) >= 11 is 0. The number of nitrogens with one attached hydrogen (secondary N) is 2. The van der Waals surface area contributed by atoms with Crippen molar-refractivity contribution >= 4 is 11.8 Å². The Morgan fingerprint density at radius 2 is 1.36 bits per heavy atom. The first-order valence-electron chi connectivity index (χ1n) is 10.8. The van der Waals surface area contributed by atoms with Gasteiger partial charge in [0.1, 0.15) is 6.04 Å². The molecule has 4 nitrogen and oxygen atoms in total. The number of unbranched alkanes of at least 4 members (excludes halogenated alkanes) is 13. The summed E-state index contributed by atoms with van der Waals surface area (Å²) in [6.45, 7) is 3.01. The lowest BCUT2D eigenvalue weighted by atomic mass is 10.0. The zero-order chi connectivity index (χ0) is 18.2. The van der Waals surface area contributed by atoms with Gasteiger partial charge < -0.3 is 10.6 Å². The molecular formula is C21H40N2O2. The first-order valence-corrected chi connectivity index (χ1v) is 10.8. The molecule has 0 bridgehead atoms. The van der Waals surface area contributed by atoms with E-state index in [1.807, 2.05) is 0 Å². The minimum Gasteiger partial charge on any atom is -0.354 e. The van der Waals surface area contributed by atoms with Crippen LogP contribution in [0.4, 0.5) is 0 Å². The Kier molecular flexibility index (Phi) is 13.4. The molecule has 0 aromatic carbocycles. The summed E-state index contributed by atoms with van der Waals surface area (Å²) in [6.07, 6.45) is 19.9. The van der Waals surface area contributed by atoms with Gasteiger partial charge in [-0.05, 0) is 12.8 Å². The topological polar surface area (TPSA) is 58.2 Å². The van der Waals surface area contributed by atoms with E-state index in [1.54, 1.807) is 0 Å². The van der Waals surface area contributed by atoms with Crippen LogP contribution in [-0.4, -0.2) is 24.4 Å². The van der Waals surface area contributed by atoms with Crippen molar-refractivity contribution in [1.29, 1.82) is 0 Å². The molecule has 0 aliphatic carbocycles. The molecular weight excluding hydrogens is 312 g/mol. The van der Waals surface area contributed by atoms with Crippen LogP contribution in [0.1, 0.15) is 110 Å². The quantitative estimate of drug-likeness (QED) is 0.390. The van der Waals surface area contributed by atoms with E-state index in [0.717, 1.165) is 13.0 Å². The summed E-state index contributed by atoms with van der Waals surface area (Å²) in [5, 5.41) is 5.64. The molecule has 25 heavy (non-hydrogen) atoms. The van der Waals surface area contributed by atoms with Crippen molar-refractivity contribution in [3.05, 3.63) is 0 Å². The first-order chi connectivity index (χ1) is 12.2. The highest BCUT2D eigenvalue weighted by Gasteiger charge is 2.26. The zero-order valence-electron chi connectivity index (χ0n) is 16.4. The predicted octanol–water partition coefficient (Wildman–Crippen LogP) is 4.86. The van der Waals surface area contributed by atoms with Gasteiger partial charge in [-0.1, -0.05) is 90.4 Å². The molecule has 1 aliphatic rings. The third-order valence-corrected chi connectivity index (χ3v) is 5.14. The molecule has 0 aromatic heterocycles. The van der Waals surface area contributed by atoms with Gasteiger partial charge in [-0.2, -0.15) is 0 Å². The zero-order valence-corrected chi connectivity index (χ0v) is 16.4. The summed E-state index contributed by atoms with van der Waals surface area (Å²) < 4.78 is 0. The maximum absolute atomic E-state index is 11.8. The largest absolute Gasteiger partial charge is 0.354 e. The molecule has 1 heterocycles. The average Bonchev–Trinajstić information content (AvgIpc) is 3.04. The third kappa shape index (κ3) is 12.0. The van der Waals surface area contributed by atoms with Gasteiger partial charge in [-0.3, -0.25) is 9.59 Å². The predicted molar refractivity (Wildman–Crippen MR) is 104 cm³/mol. The molecule has 0 spiro atoms. The van der Waals surface area contributed by atoms with Crippen LogP contribution in [0.25, 0.3) is 0 Å². The van der Waals surface area contributed by atoms with Gasteiger partial charge >= 0.3 is 0 Å². The van der Waals surface area contributed by atoms with E-state index >= 15 is 0 Å². The number of rotatable bonds is 16. The molecule has 0 radical (unpaired) electrons. The second-order valence-electron chi connectivity index (χ2n) is 7.55. The van der Waals surface area contributed by atoms with Crippen molar-refractivity contribution in [2.75, 3.05) is 6.54 Å². The minimum atomic E-state index is -0.292. The van der Waals surface area contributed by atoms with Crippen LogP contribution in [0.3, 0.4) is 0 Å². The number of hydrogen-bond acceptors (Lipinski definition) is 2. The van der Waals surface area contributed by atoms with Gasteiger partial charge in [-0.25, -0.2) is 0 Å². The SMILES string of the molecule is CCCCCCCCCCCCCCCCNC(=O)[C@@H]1CCC(=O)N1. The van der Waals surface area contributed by atoms with Gasteiger partial charge in [0, 0.05) is 13.0 Å². The molecule has 1 fully saturated rings. The summed E-state index contributed by atoms with van der Waals surface area (Å²) in [5.41, 5.74) is 0. The maximum Gasteiger partial charge on any atom is 0.242 e. The Balaban J connectivity index is 1.74.